The van der Waals surface area contributed by atoms with Crippen molar-refractivity contribution in [1.82, 2.24) is 0 Å². The van der Waals surface area contributed by atoms with Crippen LogP contribution in [-0.4, -0.2) is 6.71 Å². The molecule has 0 aromatic heterocycles. The second kappa shape index (κ2) is 16.9. The van der Waals surface area contributed by atoms with Gasteiger partial charge >= 0.3 is 0 Å². The highest BCUT2D eigenvalue weighted by atomic mass is 15.2. The van der Waals surface area contributed by atoms with Gasteiger partial charge in [0, 0.05) is 50.9 Å². The van der Waals surface area contributed by atoms with E-state index in [4.69, 9.17) is 0 Å². The highest BCUT2D eigenvalue weighted by Gasteiger charge is 2.45. The van der Waals surface area contributed by atoms with Crippen LogP contribution in [0.4, 0.5) is 51.2 Å². The monoisotopic (exact) mass is 970 g/mol. The van der Waals surface area contributed by atoms with Crippen LogP contribution < -0.4 is 31.1 Å². The molecule has 3 aliphatic rings. The number of hydrogen-bond acceptors (Lipinski definition) is 3. The van der Waals surface area contributed by atoms with Crippen LogP contribution in [0.2, 0.25) is 0 Å². The first kappa shape index (κ1) is 49.4. The number of nitrogens with zero attached hydrogens (tertiary/aromatic N) is 3. The lowest BCUT2D eigenvalue weighted by Gasteiger charge is -2.45. The van der Waals surface area contributed by atoms with Crippen LogP contribution in [0, 0.1) is 20.8 Å². The minimum Gasteiger partial charge on any atom is -0.311 e. The van der Waals surface area contributed by atoms with E-state index in [0.717, 1.165) is 11.4 Å². The molecule has 0 atom stereocenters. The number of rotatable bonds is 5. The summed E-state index contributed by atoms with van der Waals surface area (Å²) in [5.74, 6) is 0. The smallest absolute Gasteiger partial charge is 0.252 e. The van der Waals surface area contributed by atoms with E-state index in [1.165, 1.54) is 117 Å². The summed E-state index contributed by atoms with van der Waals surface area (Å²) in [6, 6.07) is 59.5. The maximum atomic E-state index is 2.62. The second-order valence-corrected chi connectivity index (χ2v) is 26.6. The molecule has 74 heavy (non-hydrogen) atoms. The normalized spacial score (nSPS) is 14.6. The van der Waals surface area contributed by atoms with Gasteiger partial charge in [0.05, 0.1) is 5.69 Å². The number of aryl methyl sites for hydroxylation is 3. The van der Waals surface area contributed by atoms with Gasteiger partial charge in [-0.2, -0.15) is 0 Å². The van der Waals surface area contributed by atoms with Crippen molar-refractivity contribution in [2.75, 3.05) is 14.7 Å². The van der Waals surface area contributed by atoms with E-state index >= 15 is 0 Å². The fraction of sp³-hybridized carbons (Fsp3) is 0.314. The molecule has 4 heteroatoms. The van der Waals surface area contributed by atoms with Crippen molar-refractivity contribution < 1.29 is 0 Å². The van der Waals surface area contributed by atoms with Gasteiger partial charge in [-0.05, 0) is 187 Å². The van der Waals surface area contributed by atoms with Crippen LogP contribution >= 0.6 is 0 Å². The summed E-state index contributed by atoms with van der Waals surface area (Å²) in [4.78, 5) is 7.74. The molecule has 2 heterocycles. The van der Waals surface area contributed by atoms with Crippen LogP contribution in [0.15, 0.2) is 152 Å². The molecule has 0 radical (unpaired) electrons. The van der Waals surface area contributed by atoms with Gasteiger partial charge in [0.25, 0.3) is 6.71 Å². The Kier molecular flexibility index (Phi) is 11.3. The Labute approximate surface area is 444 Å². The van der Waals surface area contributed by atoms with Gasteiger partial charge in [-0.3, -0.25) is 0 Å². The van der Waals surface area contributed by atoms with Crippen molar-refractivity contribution >= 4 is 74.3 Å². The molecule has 2 aliphatic heterocycles. The van der Waals surface area contributed by atoms with Crippen molar-refractivity contribution in [3.63, 3.8) is 0 Å². The van der Waals surface area contributed by atoms with E-state index < -0.39 is 0 Å². The van der Waals surface area contributed by atoms with Crippen molar-refractivity contribution in [1.29, 1.82) is 0 Å². The van der Waals surface area contributed by atoms with Crippen LogP contribution in [0.5, 0.6) is 0 Å². The molecule has 0 amide bonds. The molecule has 0 fully saturated rings. The minimum absolute atomic E-state index is 0.0146. The predicted octanol–water partition coefficient (Wildman–Crippen LogP) is 17.7. The van der Waals surface area contributed by atoms with Crippen LogP contribution in [0.3, 0.4) is 0 Å². The molecule has 0 saturated carbocycles. The zero-order chi connectivity index (χ0) is 52.8. The molecule has 0 unspecified atom stereocenters. The highest BCUT2D eigenvalue weighted by molar-refractivity contribution is 7.00. The zero-order valence-corrected chi connectivity index (χ0v) is 47.4. The molecule has 8 aromatic rings. The Morgan fingerprint density at radius 1 is 0.405 bits per heavy atom. The van der Waals surface area contributed by atoms with E-state index in [2.05, 4.69) is 284 Å². The van der Waals surface area contributed by atoms with Gasteiger partial charge < -0.3 is 14.7 Å². The van der Waals surface area contributed by atoms with Crippen molar-refractivity contribution in [2.45, 2.75) is 145 Å². The molecular weight excluding hydrogens is 894 g/mol. The number of fused-ring (bicyclic) bond motifs is 7. The quantitative estimate of drug-likeness (QED) is 0.159. The SMILES string of the molecule is Cc1cc2c3c(c1)N(c1ccc(C(C)(C)C)cc1)c1cc(C(C)(C)C)ccc1B3c1ccc(N(c3ccc(C(C)(C)C)cc3)c3c(C)cc(C(C)(C)C)cc3C)cc1N2c1ccc2c(c1)C(C)(C)c1ccccc1-2. The van der Waals surface area contributed by atoms with E-state index in [9.17, 15) is 0 Å². The third-order valence-corrected chi connectivity index (χ3v) is 16.7. The molecule has 11 rings (SSSR count). The Morgan fingerprint density at radius 2 is 0.878 bits per heavy atom. The van der Waals surface area contributed by atoms with Crippen molar-refractivity contribution in [3.8, 4) is 11.1 Å². The highest BCUT2D eigenvalue weighted by Crippen LogP contribution is 2.53. The first-order chi connectivity index (χ1) is 34.7. The van der Waals surface area contributed by atoms with E-state index in [0.29, 0.717) is 0 Å². The largest absolute Gasteiger partial charge is 0.311 e. The first-order valence-corrected chi connectivity index (χ1v) is 27.1. The molecule has 0 N–H and O–H groups in total. The Hall–Kier alpha value is -6.78. The summed E-state index contributed by atoms with van der Waals surface area (Å²) in [5.41, 5.74) is 29.2. The first-order valence-electron chi connectivity index (χ1n) is 27.1. The third kappa shape index (κ3) is 8.01. The molecular formula is C70H76BN3. The maximum Gasteiger partial charge on any atom is 0.252 e. The van der Waals surface area contributed by atoms with Gasteiger partial charge in [-0.1, -0.05) is 182 Å². The Bertz CT molecular complexity index is 3520. The Balaban J connectivity index is 1.21. The summed E-state index contributed by atoms with van der Waals surface area (Å²) in [5, 5.41) is 0. The molecule has 3 nitrogen and oxygen atoms in total. The summed E-state index contributed by atoms with van der Waals surface area (Å²) in [6.07, 6.45) is 0. The van der Waals surface area contributed by atoms with Crippen LogP contribution in [0.1, 0.15) is 147 Å². The average molecular weight is 970 g/mol. The summed E-state index contributed by atoms with van der Waals surface area (Å²) in [6.45, 7) is 39.5. The van der Waals surface area contributed by atoms with Crippen LogP contribution in [-0.2, 0) is 27.1 Å². The fourth-order valence-electron chi connectivity index (χ4n) is 12.5. The third-order valence-electron chi connectivity index (χ3n) is 16.7. The van der Waals surface area contributed by atoms with E-state index in [-0.39, 0.29) is 33.8 Å². The lowest BCUT2D eigenvalue weighted by atomic mass is 9.33. The van der Waals surface area contributed by atoms with Gasteiger partial charge in [0.1, 0.15) is 0 Å². The topological polar surface area (TPSA) is 9.72 Å². The number of hydrogen-bond donors (Lipinski definition) is 0. The number of benzene rings is 8. The molecule has 0 bridgehead atoms. The molecule has 1 aliphatic carbocycles. The summed E-state index contributed by atoms with van der Waals surface area (Å²) < 4.78 is 0. The van der Waals surface area contributed by atoms with Gasteiger partial charge in [0.15, 0.2) is 0 Å². The molecule has 374 valence electrons. The van der Waals surface area contributed by atoms with Gasteiger partial charge in [0.2, 0.25) is 0 Å². The van der Waals surface area contributed by atoms with Crippen molar-refractivity contribution in [2.24, 2.45) is 0 Å². The lowest BCUT2D eigenvalue weighted by molar-refractivity contribution is 0.589. The molecule has 0 saturated heterocycles. The molecule has 0 spiro atoms. The minimum atomic E-state index is -0.166. The van der Waals surface area contributed by atoms with Gasteiger partial charge in [-0.15, -0.1) is 0 Å². The van der Waals surface area contributed by atoms with Crippen LogP contribution in [0.25, 0.3) is 11.1 Å². The fourth-order valence-corrected chi connectivity index (χ4v) is 12.5. The summed E-state index contributed by atoms with van der Waals surface area (Å²) in [7, 11) is 0. The standard InChI is InChI=1S/C70H76BN3/c1-43-36-62-64-63(37-43)74(52-31-33-55-54-20-18-19-21-56(54)70(16,17)57(55)41-52)61-42-53(72(50-27-22-46(23-28-50)66(4,5)6)65-44(2)38-49(39-45(65)3)69(13,14)15)32-35-59(61)71(64)58-34-26-48(68(10,11)12)40-60(58)73(62)51-29-24-47(25-30-51)67(7,8)9/h18-42H,1-17H3. The number of anilines is 9. The van der Waals surface area contributed by atoms with E-state index in [1.54, 1.807) is 0 Å². The predicted molar refractivity (Wildman–Crippen MR) is 322 cm³/mol. The second-order valence-electron chi connectivity index (χ2n) is 26.6. The summed E-state index contributed by atoms with van der Waals surface area (Å²) >= 11 is 0. The van der Waals surface area contributed by atoms with E-state index in [1.807, 2.05) is 0 Å². The Morgan fingerprint density at radius 3 is 1.46 bits per heavy atom. The average Bonchev–Trinajstić information content (AvgIpc) is 3.60. The molecule has 8 aromatic carbocycles. The lowest BCUT2D eigenvalue weighted by Crippen LogP contribution is -2.61. The zero-order valence-electron chi connectivity index (χ0n) is 47.4. The van der Waals surface area contributed by atoms with Gasteiger partial charge in [-0.25, -0.2) is 0 Å². The van der Waals surface area contributed by atoms with Crippen molar-refractivity contribution in [3.05, 3.63) is 202 Å². The maximum absolute atomic E-state index is 2.62.